The van der Waals surface area contributed by atoms with Crippen molar-refractivity contribution in [2.24, 2.45) is 11.7 Å². The molecule has 94 valence electrons. The number of rotatable bonds is 2. The van der Waals surface area contributed by atoms with Gasteiger partial charge < -0.3 is 10.3 Å². The molecule has 3 rings (SSSR count). The smallest absolute Gasteiger partial charge is 0.229 e. The highest BCUT2D eigenvalue weighted by atomic mass is 16.5. The van der Waals surface area contributed by atoms with E-state index in [0.29, 0.717) is 17.9 Å². The predicted molar refractivity (Wildman–Crippen MR) is 64.6 cm³/mol. The number of hydrogen-bond donors (Lipinski definition) is 1. The highest BCUT2D eigenvalue weighted by Gasteiger charge is 2.31. The second kappa shape index (κ2) is 4.41. The van der Waals surface area contributed by atoms with E-state index < -0.39 is 0 Å². The fourth-order valence-electron chi connectivity index (χ4n) is 3.26. The van der Waals surface area contributed by atoms with Crippen LogP contribution < -0.4 is 5.73 Å². The summed E-state index contributed by atoms with van der Waals surface area (Å²) in [5, 5.41) is 4.18. The molecule has 0 saturated heterocycles. The van der Waals surface area contributed by atoms with Crippen LogP contribution in [0, 0.1) is 5.92 Å². The Morgan fingerprint density at radius 3 is 2.59 bits per heavy atom. The lowest BCUT2D eigenvalue weighted by molar-refractivity contribution is 0.346. The van der Waals surface area contributed by atoms with E-state index in [4.69, 9.17) is 10.3 Å². The van der Waals surface area contributed by atoms with Crippen LogP contribution in [0.15, 0.2) is 4.52 Å². The zero-order chi connectivity index (χ0) is 11.8. The van der Waals surface area contributed by atoms with Crippen molar-refractivity contribution in [3.63, 3.8) is 0 Å². The fraction of sp³-hybridized carbons (Fsp3) is 0.846. The molecule has 4 atom stereocenters. The average Bonchev–Trinajstić information content (AvgIpc) is 2.96. The molecular formula is C13H21N3O. The number of nitrogens with two attached hydrogens (primary N) is 1. The van der Waals surface area contributed by atoms with Crippen molar-refractivity contribution in [3.8, 4) is 0 Å². The van der Waals surface area contributed by atoms with Gasteiger partial charge in [0.1, 0.15) is 0 Å². The van der Waals surface area contributed by atoms with Crippen LogP contribution >= 0.6 is 0 Å². The molecular weight excluding hydrogens is 214 g/mol. The summed E-state index contributed by atoms with van der Waals surface area (Å²) in [5.41, 5.74) is 5.92. The quantitative estimate of drug-likeness (QED) is 0.855. The Hall–Kier alpha value is -0.900. The lowest BCUT2D eigenvalue weighted by Gasteiger charge is -2.03. The SMILES string of the molecule is CC1CCC(c2noc(C3CCC(N)C3)n2)C1. The van der Waals surface area contributed by atoms with Crippen LogP contribution in [0.1, 0.15) is 69.0 Å². The molecule has 2 aliphatic carbocycles. The highest BCUT2D eigenvalue weighted by Crippen LogP contribution is 2.38. The van der Waals surface area contributed by atoms with E-state index in [-0.39, 0.29) is 0 Å². The van der Waals surface area contributed by atoms with Gasteiger partial charge in [0.25, 0.3) is 0 Å². The van der Waals surface area contributed by atoms with Crippen molar-refractivity contribution < 1.29 is 4.52 Å². The molecule has 2 aliphatic rings. The first-order valence-corrected chi connectivity index (χ1v) is 6.81. The maximum absolute atomic E-state index is 5.92. The molecule has 4 heteroatoms. The minimum Gasteiger partial charge on any atom is -0.339 e. The Bertz CT molecular complexity index is 355. The van der Waals surface area contributed by atoms with E-state index in [2.05, 4.69) is 17.1 Å². The van der Waals surface area contributed by atoms with Gasteiger partial charge >= 0.3 is 0 Å². The number of hydrogen-bond acceptors (Lipinski definition) is 4. The molecule has 17 heavy (non-hydrogen) atoms. The Kier molecular flexibility index (Phi) is 2.90. The van der Waals surface area contributed by atoms with Gasteiger partial charge in [-0.15, -0.1) is 0 Å². The van der Waals surface area contributed by atoms with Gasteiger partial charge in [-0.1, -0.05) is 12.1 Å². The molecule has 1 heterocycles. The molecule has 0 spiro atoms. The zero-order valence-electron chi connectivity index (χ0n) is 10.4. The molecule has 2 saturated carbocycles. The predicted octanol–water partition coefficient (Wildman–Crippen LogP) is 2.57. The van der Waals surface area contributed by atoms with Gasteiger partial charge in [-0.2, -0.15) is 4.98 Å². The standard InChI is InChI=1S/C13H21N3O/c1-8-2-3-9(6-8)12-15-13(17-16-12)10-4-5-11(14)7-10/h8-11H,2-7,14H2,1H3. The molecule has 0 aromatic carbocycles. The van der Waals surface area contributed by atoms with Crippen LogP contribution in [-0.4, -0.2) is 16.2 Å². The number of aromatic nitrogens is 2. The molecule has 1 aromatic heterocycles. The third kappa shape index (κ3) is 2.23. The lowest BCUT2D eigenvalue weighted by atomic mass is 10.1. The van der Waals surface area contributed by atoms with E-state index in [1.807, 2.05) is 0 Å². The number of nitrogens with zero attached hydrogens (tertiary/aromatic N) is 2. The normalized spacial score (nSPS) is 37.8. The maximum atomic E-state index is 5.92. The second-order valence-corrected chi connectivity index (χ2v) is 5.88. The van der Waals surface area contributed by atoms with Crippen molar-refractivity contribution in [1.82, 2.24) is 10.1 Å². The first-order valence-electron chi connectivity index (χ1n) is 6.81. The fourth-order valence-corrected chi connectivity index (χ4v) is 3.26. The Balaban J connectivity index is 1.70. The molecule has 4 unspecified atom stereocenters. The van der Waals surface area contributed by atoms with Gasteiger partial charge in [0.15, 0.2) is 5.82 Å². The molecule has 4 nitrogen and oxygen atoms in total. The largest absolute Gasteiger partial charge is 0.339 e. The molecule has 0 bridgehead atoms. The lowest BCUT2D eigenvalue weighted by Crippen LogP contribution is -2.14. The molecule has 0 radical (unpaired) electrons. The summed E-state index contributed by atoms with van der Waals surface area (Å²) < 4.78 is 5.43. The first kappa shape index (κ1) is 11.2. The van der Waals surface area contributed by atoms with Gasteiger partial charge in [-0.25, -0.2) is 0 Å². The monoisotopic (exact) mass is 235 g/mol. The van der Waals surface area contributed by atoms with Crippen LogP contribution in [0.4, 0.5) is 0 Å². The van der Waals surface area contributed by atoms with E-state index >= 15 is 0 Å². The minimum absolute atomic E-state index is 0.321. The van der Waals surface area contributed by atoms with E-state index in [9.17, 15) is 0 Å². The Morgan fingerprint density at radius 1 is 1.12 bits per heavy atom. The molecule has 1 aromatic rings. The summed E-state index contributed by atoms with van der Waals surface area (Å²) in [4.78, 5) is 4.61. The minimum atomic E-state index is 0.321. The van der Waals surface area contributed by atoms with Crippen molar-refractivity contribution in [1.29, 1.82) is 0 Å². The van der Waals surface area contributed by atoms with Crippen LogP contribution in [-0.2, 0) is 0 Å². The Labute approximate surface area is 102 Å². The third-order valence-corrected chi connectivity index (χ3v) is 4.34. The highest BCUT2D eigenvalue weighted by molar-refractivity contribution is 5.04. The molecule has 0 amide bonds. The Morgan fingerprint density at radius 2 is 1.94 bits per heavy atom. The molecule has 0 aliphatic heterocycles. The summed E-state index contributed by atoms with van der Waals surface area (Å²) >= 11 is 0. The summed E-state index contributed by atoms with van der Waals surface area (Å²) in [5.74, 6) is 3.50. The van der Waals surface area contributed by atoms with Crippen LogP contribution in [0.25, 0.3) is 0 Å². The topological polar surface area (TPSA) is 64.9 Å². The maximum Gasteiger partial charge on any atom is 0.229 e. The summed E-state index contributed by atoms with van der Waals surface area (Å²) in [6, 6.07) is 0.321. The van der Waals surface area contributed by atoms with Gasteiger partial charge in [0, 0.05) is 17.9 Å². The van der Waals surface area contributed by atoms with Crippen molar-refractivity contribution in [2.45, 2.75) is 63.3 Å². The van der Waals surface area contributed by atoms with Crippen LogP contribution in [0.2, 0.25) is 0 Å². The molecule has 2 fully saturated rings. The van der Waals surface area contributed by atoms with E-state index in [0.717, 1.165) is 36.9 Å². The summed E-state index contributed by atoms with van der Waals surface area (Å²) in [6.07, 6.45) is 6.91. The second-order valence-electron chi connectivity index (χ2n) is 5.88. The van der Waals surface area contributed by atoms with Crippen molar-refractivity contribution >= 4 is 0 Å². The van der Waals surface area contributed by atoms with E-state index in [1.54, 1.807) is 0 Å². The molecule has 2 N–H and O–H groups in total. The summed E-state index contributed by atoms with van der Waals surface area (Å²) in [6.45, 7) is 2.30. The van der Waals surface area contributed by atoms with Crippen LogP contribution in [0.5, 0.6) is 0 Å². The van der Waals surface area contributed by atoms with Crippen LogP contribution in [0.3, 0.4) is 0 Å². The van der Waals surface area contributed by atoms with Gasteiger partial charge in [-0.05, 0) is 44.4 Å². The van der Waals surface area contributed by atoms with Gasteiger partial charge in [0.05, 0.1) is 0 Å². The average molecular weight is 235 g/mol. The summed E-state index contributed by atoms with van der Waals surface area (Å²) in [7, 11) is 0. The third-order valence-electron chi connectivity index (χ3n) is 4.34. The van der Waals surface area contributed by atoms with Crippen molar-refractivity contribution in [2.75, 3.05) is 0 Å². The first-order chi connectivity index (χ1) is 8.22. The van der Waals surface area contributed by atoms with Gasteiger partial charge in [0.2, 0.25) is 5.89 Å². The zero-order valence-corrected chi connectivity index (χ0v) is 10.4. The van der Waals surface area contributed by atoms with E-state index in [1.165, 1.54) is 19.3 Å². The van der Waals surface area contributed by atoms with Crippen molar-refractivity contribution in [3.05, 3.63) is 11.7 Å². The van der Waals surface area contributed by atoms with Gasteiger partial charge in [-0.3, -0.25) is 0 Å².